The molecule has 2 aromatic carbocycles. The van der Waals surface area contributed by atoms with Crippen molar-refractivity contribution in [2.24, 2.45) is 5.73 Å². The normalized spacial score (nSPS) is 12.7. The number of rotatable bonds is 5. The molecule has 0 amide bonds. The van der Waals surface area contributed by atoms with Crippen molar-refractivity contribution >= 4 is 0 Å². The van der Waals surface area contributed by atoms with Crippen LogP contribution in [0, 0.1) is 19.7 Å². The highest BCUT2D eigenvalue weighted by molar-refractivity contribution is 5.36. The lowest BCUT2D eigenvalue weighted by Gasteiger charge is -2.30. The molecule has 3 heteroatoms. The quantitative estimate of drug-likeness (QED) is 0.910. The summed E-state index contributed by atoms with van der Waals surface area (Å²) < 4.78 is 13.8. The number of halogens is 1. The molecule has 0 bridgehead atoms. The van der Waals surface area contributed by atoms with Crippen LogP contribution < -0.4 is 5.73 Å². The summed E-state index contributed by atoms with van der Waals surface area (Å²) in [4.78, 5) is 2.12. The maximum Gasteiger partial charge on any atom is 0.127 e. The van der Waals surface area contributed by atoms with E-state index >= 15 is 0 Å². The van der Waals surface area contributed by atoms with Gasteiger partial charge in [-0.1, -0.05) is 36.4 Å². The second-order valence-electron chi connectivity index (χ2n) is 5.56. The molecule has 0 radical (unpaired) electrons. The van der Waals surface area contributed by atoms with Crippen LogP contribution >= 0.6 is 0 Å². The molecule has 0 aliphatic heterocycles. The third-order valence-electron chi connectivity index (χ3n) is 4.01. The van der Waals surface area contributed by atoms with Crippen molar-refractivity contribution in [1.29, 1.82) is 0 Å². The van der Waals surface area contributed by atoms with E-state index in [1.165, 1.54) is 22.8 Å². The lowest BCUT2D eigenvalue weighted by Crippen LogP contribution is -2.31. The van der Waals surface area contributed by atoms with Crippen LogP contribution in [-0.4, -0.2) is 18.5 Å². The van der Waals surface area contributed by atoms with E-state index in [2.05, 4.69) is 36.9 Å². The highest BCUT2D eigenvalue weighted by atomic mass is 19.1. The van der Waals surface area contributed by atoms with E-state index in [9.17, 15) is 4.39 Å². The van der Waals surface area contributed by atoms with E-state index < -0.39 is 0 Å². The van der Waals surface area contributed by atoms with Crippen molar-refractivity contribution in [2.45, 2.75) is 26.4 Å². The number of nitrogens with two attached hydrogens (primary N) is 1. The van der Waals surface area contributed by atoms with Crippen molar-refractivity contribution in [2.75, 3.05) is 13.6 Å². The maximum absolute atomic E-state index is 13.8. The highest BCUT2D eigenvalue weighted by Gasteiger charge is 2.20. The van der Waals surface area contributed by atoms with Crippen LogP contribution in [0.2, 0.25) is 0 Å². The van der Waals surface area contributed by atoms with Crippen LogP contribution in [-0.2, 0) is 6.54 Å². The van der Waals surface area contributed by atoms with E-state index in [0.717, 1.165) is 0 Å². The highest BCUT2D eigenvalue weighted by Crippen LogP contribution is 2.27. The van der Waals surface area contributed by atoms with Gasteiger partial charge in [0, 0.05) is 24.7 Å². The van der Waals surface area contributed by atoms with Gasteiger partial charge in [-0.3, -0.25) is 4.90 Å². The average Bonchev–Trinajstić information content (AvgIpc) is 2.45. The Labute approximate surface area is 126 Å². The number of hydrogen-bond acceptors (Lipinski definition) is 2. The largest absolute Gasteiger partial charge is 0.329 e. The Bertz CT molecular complexity index is 590. The number of benzene rings is 2. The zero-order valence-corrected chi connectivity index (χ0v) is 12.9. The predicted molar refractivity (Wildman–Crippen MR) is 85.6 cm³/mol. The molecule has 112 valence electrons. The van der Waals surface area contributed by atoms with Gasteiger partial charge in [0.15, 0.2) is 0 Å². The van der Waals surface area contributed by atoms with Crippen LogP contribution in [0.25, 0.3) is 0 Å². The van der Waals surface area contributed by atoms with Gasteiger partial charge in [0.2, 0.25) is 0 Å². The Kier molecular flexibility index (Phi) is 5.10. The summed E-state index contributed by atoms with van der Waals surface area (Å²) in [5.74, 6) is -0.165. The van der Waals surface area contributed by atoms with Crippen molar-refractivity contribution in [1.82, 2.24) is 4.90 Å². The summed E-state index contributed by atoms with van der Waals surface area (Å²) in [6.07, 6.45) is 0. The molecule has 0 saturated heterocycles. The standard InChI is InChI=1S/C18H23FN2/c1-13-7-6-8-14(2)18(13)17(11-20)21(3)12-15-9-4-5-10-16(15)19/h4-10,17H,11-12,20H2,1-3H3. The van der Waals surface area contributed by atoms with E-state index in [1.54, 1.807) is 6.07 Å². The molecule has 2 rings (SSSR count). The molecular formula is C18H23FN2. The molecular weight excluding hydrogens is 263 g/mol. The van der Waals surface area contributed by atoms with Crippen molar-refractivity contribution in [3.63, 3.8) is 0 Å². The second kappa shape index (κ2) is 6.83. The Morgan fingerprint density at radius 1 is 1.05 bits per heavy atom. The van der Waals surface area contributed by atoms with Gasteiger partial charge in [-0.25, -0.2) is 4.39 Å². The van der Waals surface area contributed by atoms with Crippen LogP contribution in [0.5, 0.6) is 0 Å². The fourth-order valence-electron chi connectivity index (χ4n) is 2.88. The lowest BCUT2D eigenvalue weighted by atomic mass is 9.95. The third kappa shape index (κ3) is 3.49. The van der Waals surface area contributed by atoms with Crippen LogP contribution in [0.3, 0.4) is 0 Å². The molecule has 1 atom stereocenters. The first-order valence-corrected chi connectivity index (χ1v) is 7.24. The zero-order valence-electron chi connectivity index (χ0n) is 12.9. The molecule has 2 nitrogen and oxygen atoms in total. The molecule has 2 N–H and O–H groups in total. The minimum absolute atomic E-state index is 0.0887. The van der Waals surface area contributed by atoms with Gasteiger partial charge in [0.25, 0.3) is 0 Å². The number of aryl methyl sites for hydroxylation is 2. The smallest absolute Gasteiger partial charge is 0.127 e. The summed E-state index contributed by atoms with van der Waals surface area (Å²) in [5, 5.41) is 0. The predicted octanol–water partition coefficient (Wildman–Crippen LogP) is 3.57. The summed E-state index contributed by atoms with van der Waals surface area (Å²) >= 11 is 0. The van der Waals surface area contributed by atoms with Crippen LogP contribution in [0.15, 0.2) is 42.5 Å². The van der Waals surface area contributed by atoms with E-state index in [0.29, 0.717) is 18.7 Å². The van der Waals surface area contributed by atoms with Crippen molar-refractivity contribution < 1.29 is 4.39 Å². The van der Waals surface area contributed by atoms with Gasteiger partial charge in [-0.15, -0.1) is 0 Å². The van der Waals surface area contributed by atoms with E-state index in [4.69, 9.17) is 5.73 Å². The monoisotopic (exact) mass is 286 g/mol. The molecule has 0 aromatic heterocycles. The van der Waals surface area contributed by atoms with Gasteiger partial charge < -0.3 is 5.73 Å². The topological polar surface area (TPSA) is 29.3 Å². The SMILES string of the molecule is Cc1cccc(C)c1C(CN)N(C)Cc1ccccc1F. The molecule has 0 aliphatic rings. The Balaban J connectivity index is 2.27. The molecule has 0 fully saturated rings. The maximum atomic E-state index is 13.8. The summed E-state index contributed by atoms with van der Waals surface area (Å²) in [5.41, 5.74) is 10.4. The average molecular weight is 286 g/mol. The first-order chi connectivity index (χ1) is 10.0. The minimum Gasteiger partial charge on any atom is -0.329 e. The first-order valence-electron chi connectivity index (χ1n) is 7.24. The fraction of sp³-hybridized carbons (Fsp3) is 0.333. The molecule has 1 unspecified atom stereocenters. The first kappa shape index (κ1) is 15.7. The van der Waals surface area contributed by atoms with Gasteiger partial charge >= 0.3 is 0 Å². The molecule has 0 heterocycles. The van der Waals surface area contributed by atoms with Gasteiger partial charge in [-0.05, 0) is 43.7 Å². The Hall–Kier alpha value is -1.71. The Morgan fingerprint density at radius 3 is 2.24 bits per heavy atom. The van der Waals surface area contributed by atoms with Crippen molar-refractivity contribution in [3.05, 3.63) is 70.5 Å². The molecule has 0 spiro atoms. The second-order valence-corrected chi connectivity index (χ2v) is 5.56. The molecule has 21 heavy (non-hydrogen) atoms. The molecule has 0 aliphatic carbocycles. The van der Waals surface area contributed by atoms with Gasteiger partial charge in [0.05, 0.1) is 0 Å². The lowest BCUT2D eigenvalue weighted by molar-refractivity contribution is 0.237. The summed E-state index contributed by atoms with van der Waals surface area (Å²) in [6.45, 7) is 5.25. The number of likely N-dealkylation sites (N-methyl/N-ethyl adjacent to an activating group) is 1. The van der Waals surface area contributed by atoms with E-state index in [-0.39, 0.29) is 11.9 Å². The van der Waals surface area contributed by atoms with Gasteiger partial charge in [0.1, 0.15) is 5.82 Å². The van der Waals surface area contributed by atoms with Gasteiger partial charge in [-0.2, -0.15) is 0 Å². The number of nitrogens with zero attached hydrogens (tertiary/aromatic N) is 1. The number of hydrogen-bond donors (Lipinski definition) is 1. The molecule has 0 saturated carbocycles. The summed E-state index contributed by atoms with van der Waals surface area (Å²) in [7, 11) is 2.00. The zero-order chi connectivity index (χ0) is 15.4. The van der Waals surface area contributed by atoms with Crippen molar-refractivity contribution in [3.8, 4) is 0 Å². The Morgan fingerprint density at radius 2 is 1.67 bits per heavy atom. The minimum atomic E-state index is -0.165. The van der Waals surface area contributed by atoms with Crippen LogP contribution in [0.1, 0.15) is 28.3 Å². The third-order valence-corrected chi connectivity index (χ3v) is 4.01. The summed E-state index contributed by atoms with van der Waals surface area (Å²) in [6, 6.07) is 13.2. The van der Waals surface area contributed by atoms with Crippen LogP contribution in [0.4, 0.5) is 4.39 Å². The van der Waals surface area contributed by atoms with E-state index in [1.807, 2.05) is 19.2 Å². The fourth-order valence-corrected chi connectivity index (χ4v) is 2.88. The molecule has 2 aromatic rings.